The Morgan fingerprint density at radius 2 is 2.23 bits per heavy atom. The third-order valence-corrected chi connectivity index (χ3v) is 3.61. The number of likely N-dealkylation sites (N-methyl/N-ethyl adjacent to an activating group) is 1. The van der Waals surface area contributed by atoms with Crippen molar-refractivity contribution in [2.24, 2.45) is 0 Å². The van der Waals surface area contributed by atoms with Crippen LogP contribution in [0.5, 0.6) is 0 Å². The summed E-state index contributed by atoms with van der Waals surface area (Å²) in [5, 5.41) is 8.02. The molecule has 1 aromatic carbocycles. The van der Waals surface area contributed by atoms with E-state index >= 15 is 0 Å². The number of halogens is 1. The van der Waals surface area contributed by atoms with Gasteiger partial charge in [0.2, 0.25) is 5.91 Å². The smallest absolute Gasteiger partial charge is 0.228 e. The second kappa shape index (κ2) is 5.76. The molecule has 1 N–H and O–H groups in total. The molecular weight excluding hydrogens is 306 g/mol. The summed E-state index contributed by atoms with van der Waals surface area (Å²) >= 11 is 5.94. The van der Waals surface area contributed by atoms with Gasteiger partial charge in [0, 0.05) is 12.1 Å². The van der Waals surface area contributed by atoms with Crippen LogP contribution in [0.2, 0.25) is 5.02 Å². The van der Waals surface area contributed by atoms with Gasteiger partial charge >= 0.3 is 0 Å². The van der Waals surface area contributed by atoms with Crippen LogP contribution in [0, 0.1) is 6.92 Å². The summed E-state index contributed by atoms with van der Waals surface area (Å²) in [5.74, 6) is 0.611. The Morgan fingerprint density at radius 3 is 2.95 bits per heavy atom. The Labute approximate surface area is 131 Å². The molecule has 2 aromatic heterocycles. The zero-order valence-corrected chi connectivity index (χ0v) is 12.9. The summed E-state index contributed by atoms with van der Waals surface area (Å²) in [6.45, 7) is 2.12. The number of hydrogen-bond acceptors (Lipinski definition) is 5. The first-order valence-electron chi connectivity index (χ1n) is 6.69. The van der Waals surface area contributed by atoms with Crippen molar-refractivity contribution in [3.63, 3.8) is 0 Å². The predicted octanol–water partition coefficient (Wildman–Crippen LogP) is 2.11. The van der Waals surface area contributed by atoms with E-state index in [2.05, 4.69) is 24.9 Å². The normalized spacial score (nSPS) is 11.0. The van der Waals surface area contributed by atoms with E-state index in [0.717, 1.165) is 11.0 Å². The summed E-state index contributed by atoms with van der Waals surface area (Å²) in [4.78, 5) is 21.4. The van der Waals surface area contributed by atoms with Crippen molar-refractivity contribution in [2.75, 3.05) is 7.05 Å². The van der Waals surface area contributed by atoms with E-state index in [4.69, 9.17) is 11.6 Å². The number of aryl methyl sites for hydroxylation is 1. The lowest BCUT2D eigenvalue weighted by molar-refractivity contribution is -0.129. The highest BCUT2D eigenvalue weighted by Crippen LogP contribution is 2.17. The van der Waals surface area contributed by atoms with Gasteiger partial charge < -0.3 is 9.88 Å². The van der Waals surface area contributed by atoms with E-state index in [1.54, 1.807) is 31.0 Å². The zero-order chi connectivity index (χ0) is 15.7. The molecule has 7 nitrogen and oxygen atoms in total. The number of imidazole rings is 1. The first-order chi connectivity index (χ1) is 10.5. The number of rotatable bonds is 4. The van der Waals surface area contributed by atoms with Gasteiger partial charge in [0.05, 0.1) is 24.0 Å². The molecule has 0 bridgehead atoms. The van der Waals surface area contributed by atoms with E-state index in [0.29, 0.717) is 28.8 Å². The van der Waals surface area contributed by atoms with Crippen molar-refractivity contribution < 1.29 is 9.42 Å². The number of nitrogens with one attached hydrogen (secondary N) is 1. The summed E-state index contributed by atoms with van der Waals surface area (Å²) in [5.41, 5.74) is 2.84. The largest absolute Gasteiger partial charge is 0.340 e. The number of fused-ring (bicyclic) bond motifs is 1. The Hall–Kier alpha value is -2.41. The second-order valence-corrected chi connectivity index (χ2v) is 5.50. The van der Waals surface area contributed by atoms with Crippen LogP contribution in [0.1, 0.15) is 17.2 Å². The van der Waals surface area contributed by atoms with Gasteiger partial charge in [-0.05, 0) is 25.1 Å². The number of nitrogens with zero attached hydrogens (tertiary/aromatic N) is 4. The maximum Gasteiger partial charge on any atom is 0.228 e. The standard InChI is InChI=1S/C14H14ClN5O2/c1-8-11(19-22-18-8)6-14(21)20(2)7-13-16-10-4-3-9(15)5-12(10)17-13/h3-5H,6-7H2,1-2H3,(H,16,17). The van der Waals surface area contributed by atoms with Crippen LogP contribution in [-0.2, 0) is 17.8 Å². The van der Waals surface area contributed by atoms with Crippen LogP contribution in [0.4, 0.5) is 0 Å². The molecule has 2 heterocycles. The molecule has 22 heavy (non-hydrogen) atoms. The number of carbonyl (C=O) groups excluding carboxylic acids is 1. The van der Waals surface area contributed by atoms with Gasteiger partial charge in [-0.25, -0.2) is 9.61 Å². The number of aromatic amines is 1. The third-order valence-electron chi connectivity index (χ3n) is 3.37. The fraction of sp³-hybridized carbons (Fsp3) is 0.286. The molecule has 0 radical (unpaired) electrons. The molecule has 3 aromatic rings. The molecule has 1 amide bonds. The Morgan fingerprint density at radius 1 is 1.41 bits per heavy atom. The Balaban J connectivity index is 1.70. The zero-order valence-electron chi connectivity index (χ0n) is 12.1. The van der Waals surface area contributed by atoms with Gasteiger partial charge in [0.25, 0.3) is 0 Å². The first kappa shape index (κ1) is 14.5. The molecule has 0 aliphatic rings. The molecule has 3 rings (SSSR count). The molecule has 8 heteroatoms. The molecule has 0 unspecified atom stereocenters. The highest BCUT2D eigenvalue weighted by atomic mass is 35.5. The van der Waals surface area contributed by atoms with Crippen molar-refractivity contribution in [3.8, 4) is 0 Å². The Kier molecular flexibility index (Phi) is 3.81. The summed E-state index contributed by atoms with van der Waals surface area (Å²) < 4.78 is 4.59. The van der Waals surface area contributed by atoms with E-state index < -0.39 is 0 Å². The van der Waals surface area contributed by atoms with Gasteiger partial charge in [-0.15, -0.1) is 0 Å². The number of amides is 1. The number of H-pyrrole nitrogens is 1. The van der Waals surface area contributed by atoms with Crippen molar-refractivity contribution in [3.05, 3.63) is 40.4 Å². The lowest BCUT2D eigenvalue weighted by Gasteiger charge is -2.14. The van der Waals surface area contributed by atoms with Crippen LogP contribution in [0.25, 0.3) is 11.0 Å². The fourth-order valence-electron chi connectivity index (χ4n) is 2.11. The quantitative estimate of drug-likeness (QED) is 0.795. The topological polar surface area (TPSA) is 87.9 Å². The highest BCUT2D eigenvalue weighted by Gasteiger charge is 2.16. The minimum absolute atomic E-state index is 0.0858. The fourth-order valence-corrected chi connectivity index (χ4v) is 2.28. The van der Waals surface area contributed by atoms with E-state index in [9.17, 15) is 4.79 Å². The minimum atomic E-state index is -0.0858. The average Bonchev–Trinajstić information content (AvgIpc) is 3.04. The monoisotopic (exact) mass is 319 g/mol. The molecule has 0 spiro atoms. The van der Waals surface area contributed by atoms with Gasteiger partial charge in [-0.2, -0.15) is 0 Å². The van der Waals surface area contributed by atoms with Gasteiger partial charge in [-0.3, -0.25) is 4.79 Å². The lowest BCUT2D eigenvalue weighted by Crippen LogP contribution is -2.28. The van der Waals surface area contributed by atoms with Crippen LogP contribution in [-0.4, -0.2) is 38.1 Å². The molecule has 114 valence electrons. The number of aromatic nitrogens is 4. The minimum Gasteiger partial charge on any atom is -0.340 e. The van der Waals surface area contributed by atoms with Crippen molar-refractivity contribution in [1.29, 1.82) is 0 Å². The van der Waals surface area contributed by atoms with Crippen molar-refractivity contribution in [2.45, 2.75) is 19.9 Å². The molecule has 0 fully saturated rings. The van der Waals surface area contributed by atoms with Crippen LogP contribution in [0.3, 0.4) is 0 Å². The van der Waals surface area contributed by atoms with Crippen LogP contribution >= 0.6 is 11.6 Å². The number of benzene rings is 1. The van der Waals surface area contributed by atoms with E-state index in [-0.39, 0.29) is 12.3 Å². The summed E-state index contributed by atoms with van der Waals surface area (Å²) in [6.07, 6.45) is 0.151. The molecule has 0 aliphatic heterocycles. The maximum absolute atomic E-state index is 12.2. The Bertz CT molecular complexity index is 826. The predicted molar refractivity (Wildman–Crippen MR) is 80.3 cm³/mol. The molecule has 0 saturated heterocycles. The van der Waals surface area contributed by atoms with Gasteiger partial charge in [0.15, 0.2) is 0 Å². The van der Waals surface area contributed by atoms with Crippen molar-refractivity contribution >= 4 is 28.5 Å². The lowest BCUT2D eigenvalue weighted by atomic mass is 10.2. The summed E-state index contributed by atoms with van der Waals surface area (Å²) in [7, 11) is 1.71. The van der Waals surface area contributed by atoms with Crippen molar-refractivity contribution in [1.82, 2.24) is 25.2 Å². The SMILES string of the molecule is Cc1nonc1CC(=O)N(C)Cc1nc2ccc(Cl)cc2[nH]1. The molecule has 0 atom stereocenters. The van der Waals surface area contributed by atoms with Crippen LogP contribution < -0.4 is 0 Å². The van der Waals surface area contributed by atoms with Crippen LogP contribution in [0.15, 0.2) is 22.8 Å². The number of carbonyl (C=O) groups is 1. The highest BCUT2D eigenvalue weighted by molar-refractivity contribution is 6.31. The molecule has 0 aliphatic carbocycles. The summed E-state index contributed by atoms with van der Waals surface area (Å²) in [6, 6.07) is 5.42. The second-order valence-electron chi connectivity index (χ2n) is 5.07. The molecular formula is C14H14ClN5O2. The molecule has 0 saturated carbocycles. The maximum atomic E-state index is 12.2. The van der Waals surface area contributed by atoms with E-state index in [1.165, 1.54) is 0 Å². The van der Waals surface area contributed by atoms with E-state index in [1.807, 2.05) is 6.07 Å². The van der Waals surface area contributed by atoms with Gasteiger partial charge in [-0.1, -0.05) is 21.9 Å². The number of hydrogen-bond donors (Lipinski definition) is 1. The average molecular weight is 320 g/mol. The first-order valence-corrected chi connectivity index (χ1v) is 7.07. The third kappa shape index (κ3) is 2.94. The van der Waals surface area contributed by atoms with Gasteiger partial charge in [0.1, 0.15) is 17.2 Å².